The second-order valence-corrected chi connectivity index (χ2v) is 7.68. The van der Waals surface area contributed by atoms with Gasteiger partial charge in [0.1, 0.15) is 0 Å². The summed E-state index contributed by atoms with van der Waals surface area (Å²) in [5, 5.41) is 7.84. The first-order valence-electron chi connectivity index (χ1n) is 10.00. The molecule has 1 amide bonds. The number of aromatic nitrogens is 2. The lowest BCUT2D eigenvalue weighted by Gasteiger charge is -2.19. The molecule has 0 radical (unpaired) electrons. The highest BCUT2D eigenvalue weighted by molar-refractivity contribution is 6.06. The third-order valence-corrected chi connectivity index (χ3v) is 5.51. The highest BCUT2D eigenvalue weighted by atomic mass is 16.5. The van der Waals surface area contributed by atoms with Crippen LogP contribution in [0.2, 0.25) is 0 Å². The van der Waals surface area contributed by atoms with Crippen molar-refractivity contribution >= 4 is 17.0 Å². The highest BCUT2D eigenvalue weighted by Gasteiger charge is 2.28. The zero-order valence-corrected chi connectivity index (χ0v) is 15.6. The van der Waals surface area contributed by atoms with Gasteiger partial charge in [0.15, 0.2) is 0 Å². The predicted molar refractivity (Wildman–Crippen MR) is 100 cm³/mol. The molecule has 6 heteroatoms. The van der Waals surface area contributed by atoms with Crippen molar-refractivity contribution in [2.24, 2.45) is 0 Å². The largest absolute Gasteiger partial charge is 0.352 e. The van der Waals surface area contributed by atoms with Crippen LogP contribution in [-0.4, -0.2) is 47.1 Å². The first kappa shape index (κ1) is 17.5. The van der Waals surface area contributed by atoms with E-state index < -0.39 is 0 Å². The normalized spacial score (nSPS) is 18.8. The number of rotatable bonds is 6. The second kappa shape index (κ2) is 7.74. The molecule has 140 valence electrons. The average Bonchev–Trinajstić information content (AvgIpc) is 3.46. The van der Waals surface area contributed by atoms with E-state index in [1.54, 1.807) is 0 Å². The van der Waals surface area contributed by atoms with Gasteiger partial charge in [-0.2, -0.15) is 0 Å². The Morgan fingerprint density at radius 3 is 2.77 bits per heavy atom. The first-order chi connectivity index (χ1) is 12.7. The van der Waals surface area contributed by atoms with Crippen LogP contribution in [0, 0.1) is 6.92 Å². The minimum atomic E-state index is -0.0403. The SMILES string of the molecule is Cc1noc2nc(C3CC3)cc(C(=O)NCCCN3CCCCCC3)c12. The predicted octanol–water partition coefficient (Wildman–Crippen LogP) is 3.40. The van der Waals surface area contributed by atoms with Gasteiger partial charge >= 0.3 is 0 Å². The number of aryl methyl sites for hydroxylation is 1. The fourth-order valence-corrected chi connectivity index (χ4v) is 3.84. The molecule has 26 heavy (non-hydrogen) atoms. The lowest BCUT2D eigenvalue weighted by Crippen LogP contribution is -2.30. The molecule has 0 bridgehead atoms. The standard InChI is InChI=1S/C20H28N4O2/c1-14-18-16(13-17(15-7-8-15)22-20(18)26-23-14)19(25)21-9-6-12-24-10-4-2-3-5-11-24/h13,15H,2-12H2,1H3,(H,21,25). The van der Waals surface area contributed by atoms with Crippen LogP contribution in [-0.2, 0) is 0 Å². The molecule has 1 saturated heterocycles. The molecular weight excluding hydrogens is 328 g/mol. The van der Waals surface area contributed by atoms with Crippen molar-refractivity contribution in [3.05, 3.63) is 23.0 Å². The van der Waals surface area contributed by atoms with Crippen molar-refractivity contribution in [2.75, 3.05) is 26.2 Å². The molecule has 4 rings (SSSR count). The number of likely N-dealkylation sites (tertiary alicyclic amines) is 1. The molecule has 2 aromatic heterocycles. The van der Waals surface area contributed by atoms with Crippen LogP contribution in [0.25, 0.3) is 11.1 Å². The summed E-state index contributed by atoms with van der Waals surface area (Å²) in [5.74, 6) is 0.431. The first-order valence-corrected chi connectivity index (χ1v) is 10.00. The summed E-state index contributed by atoms with van der Waals surface area (Å²) < 4.78 is 5.33. The average molecular weight is 356 g/mol. The Labute approximate surface area is 154 Å². The molecule has 2 aromatic rings. The number of carbonyl (C=O) groups excluding carboxylic acids is 1. The van der Waals surface area contributed by atoms with E-state index in [1.165, 1.54) is 38.8 Å². The van der Waals surface area contributed by atoms with Gasteiger partial charge in [-0.3, -0.25) is 4.79 Å². The zero-order valence-electron chi connectivity index (χ0n) is 15.6. The number of fused-ring (bicyclic) bond motifs is 1. The van der Waals surface area contributed by atoms with Gasteiger partial charge in [0, 0.05) is 18.2 Å². The molecule has 0 unspecified atom stereocenters. The molecule has 2 fully saturated rings. The van der Waals surface area contributed by atoms with Gasteiger partial charge in [-0.15, -0.1) is 0 Å². The van der Waals surface area contributed by atoms with E-state index in [0.717, 1.165) is 42.6 Å². The van der Waals surface area contributed by atoms with Gasteiger partial charge < -0.3 is 14.7 Å². The number of hydrogen-bond donors (Lipinski definition) is 1. The van der Waals surface area contributed by atoms with Crippen molar-refractivity contribution in [3.8, 4) is 0 Å². The Bertz CT molecular complexity index is 773. The summed E-state index contributed by atoms with van der Waals surface area (Å²) in [6, 6.07) is 1.94. The summed E-state index contributed by atoms with van der Waals surface area (Å²) in [6.45, 7) is 6.02. The third-order valence-electron chi connectivity index (χ3n) is 5.51. The van der Waals surface area contributed by atoms with Gasteiger partial charge in [0.2, 0.25) is 0 Å². The number of carbonyl (C=O) groups is 1. The van der Waals surface area contributed by atoms with E-state index in [9.17, 15) is 4.79 Å². The van der Waals surface area contributed by atoms with Crippen LogP contribution in [0.3, 0.4) is 0 Å². The lowest BCUT2D eigenvalue weighted by atomic mass is 10.1. The number of nitrogens with one attached hydrogen (secondary N) is 1. The second-order valence-electron chi connectivity index (χ2n) is 7.68. The summed E-state index contributed by atoms with van der Waals surface area (Å²) in [5.41, 5.74) is 2.83. The van der Waals surface area contributed by atoms with Gasteiger partial charge in [-0.25, -0.2) is 4.98 Å². The molecule has 1 aliphatic heterocycles. The molecule has 0 spiro atoms. The number of nitrogens with zero attached hydrogens (tertiary/aromatic N) is 3. The quantitative estimate of drug-likeness (QED) is 0.803. The van der Waals surface area contributed by atoms with Crippen LogP contribution in [0.4, 0.5) is 0 Å². The van der Waals surface area contributed by atoms with E-state index in [2.05, 4.69) is 20.4 Å². The van der Waals surface area contributed by atoms with Crippen molar-refractivity contribution < 1.29 is 9.32 Å². The Morgan fingerprint density at radius 2 is 2.04 bits per heavy atom. The minimum Gasteiger partial charge on any atom is -0.352 e. The topological polar surface area (TPSA) is 71.3 Å². The van der Waals surface area contributed by atoms with Gasteiger partial charge in [0.25, 0.3) is 11.6 Å². The maximum atomic E-state index is 12.8. The highest BCUT2D eigenvalue weighted by Crippen LogP contribution is 2.40. The fourth-order valence-electron chi connectivity index (χ4n) is 3.84. The van der Waals surface area contributed by atoms with Gasteiger partial charge in [-0.1, -0.05) is 18.0 Å². The summed E-state index contributed by atoms with van der Waals surface area (Å²) in [4.78, 5) is 19.9. The zero-order chi connectivity index (χ0) is 17.9. The van der Waals surface area contributed by atoms with Crippen molar-refractivity contribution in [1.29, 1.82) is 0 Å². The number of pyridine rings is 1. The Morgan fingerprint density at radius 1 is 1.27 bits per heavy atom. The molecule has 1 aliphatic carbocycles. The summed E-state index contributed by atoms with van der Waals surface area (Å²) in [7, 11) is 0. The molecule has 0 atom stereocenters. The van der Waals surface area contributed by atoms with Crippen molar-refractivity contribution in [2.45, 2.75) is 57.8 Å². The number of hydrogen-bond acceptors (Lipinski definition) is 5. The monoisotopic (exact) mass is 356 g/mol. The Balaban J connectivity index is 1.38. The smallest absolute Gasteiger partial charge is 0.259 e. The minimum absolute atomic E-state index is 0.0403. The van der Waals surface area contributed by atoms with Crippen molar-refractivity contribution in [1.82, 2.24) is 20.4 Å². The maximum Gasteiger partial charge on any atom is 0.259 e. The van der Waals surface area contributed by atoms with E-state index in [1.807, 2.05) is 13.0 Å². The van der Waals surface area contributed by atoms with Crippen LogP contribution in [0.1, 0.15) is 72.6 Å². The lowest BCUT2D eigenvalue weighted by molar-refractivity contribution is 0.0953. The Hall–Kier alpha value is -1.95. The molecule has 2 aliphatic rings. The fraction of sp³-hybridized carbons (Fsp3) is 0.650. The molecule has 3 heterocycles. The van der Waals surface area contributed by atoms with Crippen LogP contribution < -0.4 is 5.32 Å². The molecular formula is C20H28N4O2. The van der Waals surface area contributed by atoms with Gasteiger partial charge in [-0.05, 0) is 64.7 Å². The van der Waals surface area contributed by atoms with E-state index in [4.69, 9.17) is 4.52 Å². The van der Waals surface area contributed by atoms with Crippen LogP contribution >= 0.6 is 0 Å². The Kier molecular flexibility index (Phi) is 5.20. The number of amides is 1. The van der Waals surface area contributed by atoms with Crippen LogP contribution in [0.5, 0.6) is 0 Å². The third kappa shape index (κ3) is 3.90. The van der Waals surface area contributed by atoms with E-state index >= 15 is 0 Å². The molecule has 1 saturated carbocycles. The summed E-state index contributed by atoms with van der Waals surface area (Å²) in [6.07, 6.45) is 8.58. The van der Waals surface area contributed by atoms with E-state index in [0.29, 0.717) is 23.7 Å². The van der Waals surface area contributed by atoms with Crippen LogP contribution in [0.15, 0.2) is 10.6 Å². The van der Waals surface area contributed by atoms with E-state index in [-0.39, 0.29) is 5.91 Å². The molecule has 1 N–H and O–H groups in total. The van der Waals surface area contributed by atoms with Gasteiger partial charge in [0.05, 0.1) is 16.6 Å². The van der Waals surface area contributed by atoms with Crippen molar-refractivity contribution in [3.63, 3.8) is 0 Å². The maximum absolute atomic E-state index is 12.8. The molecule has 0 aromatic carbocycles. The molecule has 6 nitrogen and oxygen atoms in total. The summed E-state index contributed by atoms with van der Waals surface area (Å²) >= 11 is 0.